The Morgan fingerprint density at radius 1 is 1.36 bits per heavy atom. The summed E-state index contributed by atoms with van der Waals surface area (Å²) in [5, 5.41) is 6.49. The van der Waals surface area contributed by atoms with Crippen molar-refractivity contribution in [2.24, 2.45) is 0 Å². The van der Waals surface area contributed by atoms with Gasteiger partial charge in [-0.25, -0.2) is 0 Å². The quantitative estimate of drug-likeness (QED) is 0.506. The fourth-order valence-electron chi connectivity index (χ4n) is 2.26. The third kappa shape index (κ3) is 3.36. The molecule has 1 N–H and O–H groups in total. The van der Waals surface area contributed by atoms with Crippen LogP contribution in [0.5, 0.6) is 5.75 Å². The van der Waals surface area contributed by atoms with Crippen LogP contribution in [0.2, 0.25) is 0 Å². The highest BCUT2D eigenvalue weighted by Gasteiger charge is 2.24. The van der Waals surface area contributed by atoms with Gasteiger partial charge in [0.15, 0.2) is 5.76 Å². The van der Waals surface area contributed by atoms with Gasteiger partial charge in [0.2, 0.25) is 5.78 Å². The zero-order valence-corrected chi connectivity index (χ0v) is 12.7. The number of hydrogen-bond donors (Lipinski definition) is 1. The Morgan fingerprint density at radius 2 is 2.18 bits per heavy atom. The van der Waals surface area contributed by atoms with E-state index in [1.807, 2.05) is 32.3 Å². The van der Waals surface area contributed by atoms with E-state index in [0.29, 0.717) is 17.4 Å². The van der Waals surface area contributed by atoms with E-state index in [1.54, 1.807) is 23.4 Å². The van der Waals surface area contributed by atoms with Crippen molar-refractivity contribution >= 4 is 5.78 Å². The Bertz CT molecular complexity index is 686. The van der Waals surface area contributed by atoms with Crippen molar-refractivity contribution in [1.82, 2.24) is 15.1 Å². The number of ether oxygens (including phenoxy) is 1. The van der Waals surface area contributed by atoms with Crippen molar-refractivity contribution in [3.05, 3.63) is 59.7 Å². The first kappa shape index (κ1) is 14.4. The Balaban J connectivity index is 1.84. The van der Waals surface area contributed by atoms with Crippen molar-refractivity contribution in [1.29, 1.82) is 0 Å². The minimum absolute atomic E-state index is 0.219. The lowest BCUT2D eigenvalue weighted by Gasteiger charge is -2.13. The molecule has 22 heavy (non-hydrogen) atoms. The van der Waals surface area contributed by atoms with Crippen LogP contribution in [0.3, 0.4) is 0 Å². The molecule has 5 heteroatoms. The Labute approximate surface area is 129 Å². The molecule has 0 amide bonds. The third-order valence-electron chi connectivity index (χ3n) is 3.48. The second-order valence-electron chi connectivity index (χ2n) is 5.71. The molecular weight excluding hydrogens is 278 g/mol. The lowest BCUT2D eigenvalue weighted by Crippen LogP contribution is -2.15. The summed E-state index contributed by atoms with van der Waals surface area (Å²) in [6.45, 7) is 0. The van der Waals surface area contributed by atoms with E-state index < -0.39 is 0 Å². The van der Waals surface area contributed by atoms with Crippen molar-refractivity contribution in [2.75, 3.05) is 14.1 Å². The molecule has 114 valence electrons. The van der Waals surface area contributed by atoms with Crippen molar-refractivity contribution in [2.45, 2.75) is 18.8 Å². The summed E-state index contributed by atoms with van der Waals surface area (Å²) < 4.78 is 5.85. The van der Waals surface area contributed by atoms with Gasteiger partial charge in [-0.1, -0.05) is 12.1 Å². The average molecular weight is 297 g/mol. The van der Waals surface area contributed by atoms with Gasteiger partial charge in [-0.3, -0.25) is 9.89 Å². The zero-order valence-electron chi connectivity index (χ0n) is 12.7. The van der Waals surface area contributed by atoms with Crippen molar-refractivity contribution in [3.8, 4) is 5.75 Å². The molecule has 0 atom stereocenters. The summed E-state index contributed by atoms with van der Waals surface area (Å²) >= 11 is 0. The molecule has 0 saturated heterocycles. The molecule has 5 nitrogen and oxygen atoms in total. The van der Waals surface area contributed by atoms with Gasteiger partial charge >= 0.3 is 0 Å². The lowest BCUT2D eigenvalue weighted by atomic mass is 10.1. The second kappa shape index (κ2) is 6.05. The van der Waals surface area contributed by atoms with Crippen LogP contribution in [-0.4, -0.2) is 35.0 Å². The Kier molecular flexibility index (Phi) is 3.96. The van der Waals surface area contributed by atoms with Gasteiger partial charge in [0.25, 0.3) is 0 Å². The van der Waals surface area contributed by atoms with Gasteiger partial charge in [-0.15, -0.1) is 0 Å². The SMILES string of the molecule is CN(C)C=C(Oc1cccc(C2CC2)c1)C(=O)c1ccn[nH]1. The minimum Gasteiger partial charge on any atom is -0.452 e. The maximum Gasteiger partial charge on any atom is 0.247 e. The van der Waals surface area contributed by atoms with Crippen molar-refractivity contribution in [3.63, 3.8) is 0 Å². The van der Waals surface area contributed by atoms with Gasteiger partial charge in [0.05, 0.1) is 0 Å². The van der Waals surface area contributed by atoms with Gasteiger partial charge in [-0.2, -0.15) is 5.10 Å². The fraction of sp³-hybridized carbons (Fsp3) is 0.294. The second-order valence-corrected chi connectivity index (χ2v) is 5.71. The van der Waals surface area contributed by atoms with E-state index in [4.69, 9.17) is 4.74 Å². The van der Waals surface area contributed by atoms with Gasteiger partial charge in [0.1, 0.15) is 11.4 Å². The highest BCUT2D eigenvalue weighted by molar-refractivity contribution is 6.06. The maximum atomic E-state index is 12.5. The molecule has 0 spiro atoms. The number of hydrogen-bond acceptors (Lipinski definition) is 4. The minimum atomic E-state index is -0.219. The number of allylic oxidation sites excluding steroid dienone is 1. The molecule has 2 aromatic rings. The van der Waals surface area contributed by atoms with Gasteiger partial charge < -0.3 is 9.64 Å². The van der Waals surface area contributed by atoms with Crippen LogP contribution in [0.4, 0.5) is 0 Å². The molecule has 1 aliphatic rings. The first-order valence-corrected chi connectivity index (χ1v) is 7.33. The number of ketones is 1. The molecule has 1 aromatic heterocycles. The van der Waals surface area contributed by atoms with E-state index in [-0.39, 0.29) is 11.5 Å². The zero-order chi connectivity index (χ0) is 15.5. The molecule has 1 aromatic carbocycles. The summed E-state index contributed by atoms with van der Waals surface area (Å²) in [6, 6.07) is 9.60. The third-order valence-corrected chi connectivity index (χ3v) is 3.48. The number of benzene rings is 1. The van der Waals surface area contributed by atoms with Gasteiger partial charge in [-0.05, 0) is 42.5 Å². The largest absolute Gasteiger partial charge is 0.452 e. The van der Waals surface area contributed by atoms with E-state index >= 15 is 0 Å². The number of nitrogens with zero attached hydrogens (tertiary/aromatic N) is 2. The number of rotatable bonds is 6. The molecule has 1 saturated carbocycles. The van der Waals surface area contributed by atoms with Crippen LogP contribution in [-0.2, 0) is 0 Å². The predicted molar refractivity (Wildman–Crippen MR) is 83.7 cm³/mol. The van der Waals surface area contributed by atoms with Crippen molar-refractivity contribution < 1.29 is 9.53 Å². The molecule has 1 fully saturated rings. The Hall–Kier alpha value is -2.56. The molecule has 3 rings (SSSR count). The fourth-order valence-corrected chi connectivity index (χ4v) is 2.26. The number of aromatic nitrogens is 2. The summed E-state index contributed by atoms with van der Waals surface area (Å²) in [5.41, 5.74) is 1.68. The first-order valence-electron chi connectivity index (χ1n) is 7.33. The van der Waals surface area contributed by atoms with Crippen LogP contribution < -0.4 is 4.74 Å². The number of Topliss-reactive ketones (excluding diaryl/α,β-unsaturated/α-hetero) is 1. The number of carbonyl (C=O) groups excluding carboxylic acids is 1. The molecule has 0 radical (unpaired) electrons. The number of carbonyl (C=O) groups is 1. The summed E-state index contributed by atoms with van der Waals surface area (Å²) in [6.07, 6.45) is 5.69. The highest BCUT2D eigenvalue weighted by atomic mass is 16.5. The molecule has 0 unspecified atom stereocenters. The molecule has 1 heterocycles. The van der Waals surface area contributed by atoms with E-state index in [0.717, 1.165) is 0 Å². The lowest BCUT2D eigenvalue weighted by molar-refractivity contribution is 0.0977. The molecule has 0 bridgehead atoms. The van der Waals surface area contributed by atoms with Crippen LogP contribution in [0, 0.1) is 0 Å². The standard InChI is InChI=1S/C17H19N3O2/c1-20(2)11-16(17(21)15-8-9-18-19-15)22-14-5-3-4-13(10-14)12-6-7-12/h3-5,8-12H,6-7H2,1-2H3,(H,18,19). The van der Waals surface area contributed by atoms with Crippen LogP contribution in [0.15, 0.2) is 48.5 Å². The maximum absolute atomic E-state index is 12.5. The number of nitrogens with one attached hydrogen (secondary N) is 1. The van der Waals surface area contributed by atoms with Crippen LogP contribution in [0.1, 0.15) is 34.8 Å². The Morgan fingerprint density at radius 3 is 2.82 bits per heavy atom. The normalized spacial score (nSPS) is 14.7. The first-order chi connectivity index (χ1) is 10.6. The van der Waals surface area contributed by atoms with Crippen LogP contribution in [0.25, 0.3) is 0 Å². The average Bonchev–Trinajstić information content (AvgIpc) is 3.21. The molecule has 0 aliphatic heterocycles. The predicted octanol–water partition coefficient (Wildman–Crippen LogP) is 2.95. The summed E-state index contributed by atoms with van der Waals surface area (Å²) in [7, 11) is 3.70. The topological polar surface area (TPSA) is 58.2 Å². The summed E-state index contributed by atoms with van der Waals surface area (Å²) in [5.74, 6) is 1.38. The molecule has 1 aliphatic carbocycles. The van der Waals surface area contributed by atoms with E-state index in [1.165, 1.54) is 18.4 Å². The monoisotopic (exact) mass is 297 g/mol. The van der Waals surface area contributed by atoms with Gasteiger partial charge in [0, 0.05) is 26.5 Å². The van der Waals surface area contributed by atoms with E-state index in [2.05, 4.69) is 16.3 Å². The smallest absolute Gasteiger partial charge is 0.247 e. The van der Waals surface area contributed by atoms with E-state index in [9.17, 15) is 4.79 Å². The number of aromatic amines is 1. The molecular formula is C17H19N3O2. The summed E-state index contributed by atoms with van der Waals surface area (Å²) in [4.78, 5) is 14.3. The number of H-pyrrole nitrogens is 1. The van der Waals surface area contributed by atoms with Crippen LogP contribution >= 0.6 is 0 Å². The highest BCUT2D eigenvalue weighted by Crippen LogP contribution is 2.41.